The number of piperidine rings is 1. The van der Waals surface area contributed by atoms with E-state index in [2.05, 4.69) is 4.98 Å². The third-order valence-corrected chi connectivity index (χ3v) is 4.83. The number of halogens is 1. The van der Waals surface area contributed by atoms with E-state index >= 15 is 0 Å². The van der Waals surface area contributed by atoms with E-state index in [9.17, 15) is 8.42 Å². The van der Waals surface area contributed by atoms with Crippen LogP contribution >= 0.6 is 12.4 Å². The topological polar surface area (TPSA) is 100 Å². The fraction of sp³-hybridized carbons (Fsp3) is 0.455. The highest BCUT2D eigenvalue weighted by Crippen LogP contribution is 2.20. The molecule has 1 aromatic heterocycles. The number of pyridine rings is 1. The van der Waals surface area contributed by atoms with Crippen molar-refractivity contribution in [1.29, 1.82) is 5.26 Å². The van der Waals surface area contributed by atoms with Crippen LogP contribution < -0.4 is 5.73 Å². The summed E-state index contributed by atoms with van der Waals surface area (Å²) in [6.45, 7) is 0.760. The second kappa shape index (κ2) is 6.30. The first kappa shape index (κ1) is 15.9. The lowest BCUT2D eigenvalue weighted by molar-refractivity contribution is 0.319. The van der Waals surface area contributed by atoms with Gasteiger partial charge in [-0.3, -0.25) is 0 Å². The van der Waals surface area contributed by atoms with Gasteiger partial charge in [0.1, 0.15) is 6.07 Å². The lowest BCUT2D eigenvalue weighted by atomic mass is 10.1. The summed E-state index contributed by atoms with van der Waals surface area (Å²) in [4.78, 5) is 3.83. The van der Waals surface area contributed by atoms with Crippen molar-refractivity contribution in [1.82, 2.24) is 9.29 Å². The lowest BCUT2D eigenvalue weighted by Gasteiger charge is -2.29. The highest BCUT2D eigenvalue weighted by Gasteiger charge is 2.31. The fourth-order valence-electron chi connectivity index (χ4n) is 1.92. The van der Waals surface area contributed by atoms with Crippen molar-refractivity contribution in [3.63, 3.8) is 0 Å². The Morgan fingerprint density at radius 1 is 1.42 bits per heavy atom. The Morgan fingerprint density at radius 2 is 2.05 bits per heavy atom. The van der Waals surface area contributed by atoms with Crippen molar-refractivity contribution < 1.29 is 8.42 Å². The van der Waals surface area contributed by atoms with Gasteiger partial charge in [-0.1, -0.05) is 0 Å². The van der Waals surface area contributed by atoms with Gasteiger partial charge in [0.2, 0.25) is 0 Å². The molecular formula is C11H15ClN4O2S. The average molecular weight is 303 g/mol. The Bertz CT molecular complexity index is 577. The standard InChI is InChI=1S/C11H14N4O2S.ClH/c12-8-9-2-1-5-14-11(9)18(16,17)15-6-3-10(13)4-7-15;/h1-2,5,10H,3-4,6-7,13H2;1H. The van der Waals surface area contributed by atoms with E-state index in [1.165, 1.54) is 16.6 Å². The minimum absolute atomic E-state index is 0. The van der Waals surface area contributed by atoms with Crippen LogP contribution in [0.2, 0.25) is 0 Å². The maximum absolute atomic E-state index is 12.3. The van der Waals surface area contributed by atoms with E-state index in [-0.39, 0.29) is 29.0 Å². The van der Waals surface area contributed by atoms with Gasteiger partial charge in [0.15, 0.2) is 5.03 Å². The molecule has 0 amide bonds. The van der Waals surface area contributed by atoms with Crippen LogP contribution in [0.5, 0.6) is 0 Å². The van der Waals surface area contributed by atoms with Gasteiger partial charge in [0.05, 0.1) is 5.56 Å². The van der Waals surface area contributed by atoms with Crippen LogP contribution in [0.15, 0.2) is 23.4 Å². The molecule has 0 radical (unpaired) electrons. The highest BCUT2D eigenvalue weighted by molar-refractivity contribution is 7.89. The van der Waals surface area contributed by atoms with Crippen LogP contribution in [0.4, 0.5) is 0 Å². The molecule has 2 heterocycles. The summed E-state index contributed by atoms with van der Waals surface area (Å²) in [7, 11) is -3.68. The minimum Gasteiger partial charge on any atom is -0.328 e. The fourth-order valence-corrected chi connectivity index (χ4v) is 3.44. The molecule has 0 saturated carbocycles. The van der Waals surface area contributed by atoms with Crippen molar-refractivity contribution in [3.05, 3.63) is 23.9 Å². The Labute approximate surface area is 118 Å². The summed E-state index contributed by atoms with van der Waals surface area (Å²) in [6, 6.07) is 4.91. The summed E-state index contributed by atoms with van der Waals surface area (Å²) < 4.78 is 26.0. The molecule has 6 nitrogen and oxygen atoms in total. The SMILES string of the molecule is Cl.N#Cc1cccnc1S(=O)(=O)N1CCC(N)CC1. The molecule has 0 bridgehead atoms. The third kappa shape index (κ3) is 3.22. The largest absolute Gasteiger partial charge is 0.328 e. The van der Waals surface area contributed by atoms with Crippen LogP contribution in [0.25, 0.3) is 0 Å². The number of aromatic nitrogens is 1. The van der Waals surface area contributed by atoms with E-state index in [0.717, 1.165) is 0 Å². The van der Waals surface area contributed by atoms with Crippen molar-refractivity contribution in [2.24, 2.45) is 5.73 Å². The van der Waals surface area contributed by atoms with Crippen molar-refractivity contribution in [2.45, 2.75) is 23.9 Å². The number of sulfonamides is 1. The Hall–Kier alpha value is -1.20. The predicted molar refractivity (Wildman–Crippen MR) is 72.2 cm³/mol. The molecular weight excluding hydrogens is 288 g/mol. The van der Waals surface area contributed by atoms with Gasteiger partial charge < -0.3 is 5.73 Å². The molecule has 19 heavy (non-hydrogen) atoms. The van der Waals surface area contributed by atoms with Gasteiger partial charge in [-0.05, 0) is 25.0 Å². The molecule has 1 aromatic rings. The maximum atomic E-state index is 12.3. The van der Waals surface area contributed by atoms with Crippen molar-refractivity contribution in [2.75, 3.05) is 13.1 Å². The third-order valence-electron chi connectivity index (χ3n) is 2.97. The van der Waals surface area contributed by atoms with Crippen LogP contribution in [-0.2, 0) is 10.0 Å². The molecule has 2 rings (SSSR count). The summed E-state index contributed by atoms with van der Waals surface area (Å²) in [5.41, 5.74) is 5.82. The van der Waals surface area contributed by atoms with Crippen LogP contribution in [-0.4, -0.2) is 36.8 Å². The molecule has 0 aliphatic carbocycles. The minimum atomic E-state index is -3.68. The molecule has 1 aliphatic rings. The smallest absolute Gasteiger partial charge is 0.261 e. The first-order chi connectivity index (χ1) is 8.55. The number of nitrogens with two attached hydrogens (primary N) is 1. The molecule has 1 saturated heterocycles. The zero-order chi connectivity index (χ0) is 13.2. The zero-order valence-corrected chi connectivity index (χ0v) is 11.8. The van der Waals surface area contributed by atoms with Gasteiger partial charge >= 0.3 is 0 Å². The number of nitrogens with zero attached hydrogens (tertiary/aromatic N) is 3. The molecule has 0 aromatic carbocycles. The second-order valence-corrected chi connectivity index (χ2v) is 6.06. The molecule has 1 aliphatic heterocycles. The van der Waals surface area contributed by atoms with Gasteiger partial charge in [-0.15, -0.1) is 12.4 Å². The molecule has 1 fully saturated rings. The van der Waals surface area contributed by atoms with E-state index < -0.39 is 10.0 Å². The average Bonchev–Trinajstić information content (AvgIpc) is 2.39. The van der Waals surface area contributed by atoms with Crippen molar-refractivity contribution >= 4 is 22.4 Å². The summed E-state index contributed by atoms with van der Waals surface area (Å²) in [5, 5.41) is 8.77. The summed E-state index contributed by atoms with van der Waals surface area (Å²) in [6.07, 6.45) is 2.64. The number of rotatable bonds is 2. The summed E-state index contributed by atoms with van der Waals surface area (Å²) in [5.74, 6) is 0. The van der Waals surface area contributed by atoms with Crippen LogP contribution in [0.1, 0.15) is 18.4 Å². The highest BCUT2D eigenvalue weighted by atomic mass is 35.5. The van der Waals surface area contributed by atoms with E-state index in [1.54, 1.807) is 6.07 Å². The number of hydrogen-bond acceptors (Lipinski definition) is 5. The monoisotopic (exact) mass is 302 g/mol. The lowest BCUT2D eigenvalue weighted by Crippen LogP contribution is -2.43. The Morgan fingerprint density at radius 3 is 2.63 bits per heavy atom. The van der Waals surface area contributed by atoms with Gasteiger partial charge in [0.25, 0.3) is 10.0 Å². The van der Waals surface area contributed by atoms with Crippen molar-refractivity contribution in [3.8, 4) is 6.07 Å². The first-order valence-electron chi connectivity index (χ1n) is 5.66. The van der Waals surface area contributed by atoms with E-state index in [4.69, 9.17) is 11.0 Å². The maximum Gasteiger partial charge on any atom is 0.261 e. The second-order valence-electron chi connectivity index (χ2n) is 4.21. The van der Waals surface area contributed by atoms with Gasteiger partial charge in [-0.2, -0.15) is 9.57 Å². The van der Waals surface area contributed by atoms with Crippen LogP contribution in [0, 0.1) is 11.3 Å². The van der Waals surface area contributed by atoms with Gasteiger partial charge in [0, 0.05) is 25.3 Å². The molecule has 0 unspecified atom stereocenters. The number of nitriles is 1. The Balaban J connectivity index is 0.00000180. The normalized spacial score (nSPS) is 17.5. The predicted octanol–water partition coefficient (Wildman–Crippen LogP) is 0.487. The molecule has 104 valence electrons. The zero-order valence-electron chi connectivity index (χ0n) is 10.2. The van der Waals surface area contributed by atoms with E-state index in [0.29, 0.717) is 25.9 Å². The molecule has 0 atom stereocenters. The van der Waals surface area contributed by atoms with E-state index in [1.807, 2.05) is 6.07 Å². The van der Waals surface area contributed by atoms with Gasteiger partial charge in [-0.25, -0.2) is 13.4 Å². The molecule has 0 spiro atoms. The Kier molecular flexibility index (Phi) is 5.26. The molecule has 2 N–H and O–H groups in total. The number of hydrogen-bond donors (Lipinski definition) is 1. The van der Waals surface area contributed by atoms with Crippen LogP contribution in [0.3, 0.4) is 0 Å². The summed E-state index contributed by atoms with van der Waals surface area (Å²) >= 11 is 0. The quantitative estimate of drug-likeness (QED) is 0.857. The first-order valence-corrected chi connectivity index (χ1v) is 7.10. The molecule has 8 heteroatoms.